The first-order chi connectivity index (χ1) is 7.72. The molecular weight excluding hydrogens is 202 g/mol. The third-order valence-electron chi connectivity index (χ3n) is 2.94. The van der Waals surface area contributed by atoms with Gasteiger partial charge in [-0.05, 0) is 42.5 Å². The van der Waals surface area contributed by atoms with Crippen molar-refractivity contribution >= 4 is 11.8 Å². The summed E-state index contributed by atoms with van der Waals surface area (Å²) >= 11 is 0. The Hall–Kier alpha value is -1.77. The highest BCUT2D eigenvalue weighted by atomic mass is 16.4. The van der Waals surface area contributed by atoms with Crippen molar-refractivity contribution in [1.29, 1.82) is 0 Å². The molecule has 1 aliphatic carbocycles. The van der Waals surface area contributed by atoms with Crippen LogP contribution in [0.3, 0.4) is 0 Å². The van der Waals surface area contributed by atoms with E-state index in [0.29, 0.717) is 6.54 Å². The van der Waals surface area contributed by atoms with Crippen molar-refractivity contribution in [3.8, 4) is 0 Å². The molecule has 16 heavy (non-hydrogen) atoms. The van der Waals surface area contributed by atoms with Crippen molar-refractivity contribution in [3.05, 3.63) is 42.0 Å². The van der Waals surface area contributed by atoms with Crippen LogP contribution in [0.1, 0.15) is 17.5 Å². The smallest absolute Gasteiger partial charge is 0.412 e. The van der Waals surface area contributed by atoms with E-state index in [-0.39, 0.29) is 0 Å². The van der Waals surface area contributed by atoms with Gasteiger partial charge in [-0.1, -0.05) is 12.1 Å². The number of benzene rings is 1. The van der Waals surface area contributed by atoms with Crippen LogP contribution in [-0.4, -0.2) is 17.7 Å². The van der Waals surface area contributed by atoms with E-state index in [4.69, 9.17) is 5.11 Å². The Morgan fingerprint density at radius 2 is 2.19 bits per heavy atom. The second-order valence-corrected chi connectivity index (χ2v) is 3.99. The minimum Gasteiger partial charge on any atom is -0.465 e. The summed E-state index contributed by atoms with van der Waals surface area (Å²) in [6, 6.07) is 5.90. The molecule has 3 nitrogen and oxygen atoms in total. The van der Waals surface area contributed by atoms with Crippen LogP contribution in [0.5, 0.6) is 0 Å². The molecule has 0 unspecified atom stereocenters. The Morgan fingerprint density at radius 1 is 1.44 bits per heavy atom. The third kappa shape index (κ3) is 1.94. The first kappa shape index (κ1) is 10.7. The van der Waals surface area contributed by atoms with E-state index in [1.807, 2.05) is 18.2 Å². The summed E-state index contributed by atoms with van der Waals surface area (Å²) in [5, 5.41) is 9.08. The number of aryl methyl sites for hydroxylation is 2. The van der Waals surface area contributed by atoms with Gasteiger partial charge in [0, 0.05) is 12.2 Å². The Morgan fingerprint density at radius 3 is 2.88 bits per heavy atom. The third-order valence-corrected chi connectivity index (χ3v) is 2.94. The summed E-state index contributed by atoms with van der Waals surface area (Å²) in [5.74, 6) is 0. The molecule has 3 heteroatoms. The fourth-order valence-electron chi connectivity index (χ4n) is 2.15. The summed E-state index contributed by atoms with van der Waals surface area (Å²) in [4.78, 5) is 12.4. The van der Waals surface area contributed by atoms with Crippen LogP contribution < -0.4 is 4.90 Å². The van der Waals surface area contributed by atoms with Crippen molar-refractivity contribution in [1.82, 2.24) is 0 Å². The lowest BCUT2D eigenvalue weighted by atomic mass is 10.1. The number of nitrogens with zero attached hydrogens (tertiary/aromatic N) is 1. The maximum absolute atomic E-state index is 11.1. The fourth-order valence-corrected chi connectivity index (χ4v) is 2.15. The van der Waals surface area contributed by atoms with Gasteiger partial charge in [-0.3, -0.25) is 4.90 Å². The number of fused-ring (bicyclic) bond motifs is 1. The van der Waals surface area contributed by atoms with Crippen LogP contribution in [0.2, 0.25) is 0 Å². The summed E-state index contributed by atoms with van der Waals surface area (Å²) in [6.45, 7) is 3.90. The zero-order chi connectivity index (χ0) is 11.5. The van der Waals surface area contributed by atoms with Gasteiger partial charge >= 0.3 is 6.09 Å². The molecule has 0 saturated heterocycles. The number of amides is 1. The van der Waals surface area contributed by atoms with Crippen LogP contribution in [0.4, 0.5) is 10.5 Å². The van der Waals surface area contributed by atoms with Crippen LogP contribution in [0.15, 0.2) is 30.9 Å². The van der Waals surface area contributed by atoms with Crippen LogP contribution in [-0.2, 0) is 12.8 Å². The van der Waals surface area contributed by atoms with Crippen molar-refractivity contribution < 1.29 is 9.90 Å². The van der Waals surface area contributed by atoms with E-state index in [0.717, 1.165) is 18.5 Å². The Labute approximate surface area is 95.0 Å². The second-order valence-electron chi connectivity index (χ2n) is 3.99. The molecule has 0 heterocycles. The van der Waals surface area contributed by atoms with E-state index in [2.05, 4.69) is 6.58 Å². The quantitative estimate of drug-likeness (QED) is 0.791. The summed E-state index contributed by atoms with van der Waals surface area (Å²) in [5.41, 5.74) is 3.38. The van der Waals surface area contributed by atoms with Gasteiger partial charge in [0.1, 0.15) is 0 Å². The van der Waals surface area contributed by atoms with Gasteiger partial charge in [-0.2, -0.15) is 0 Å². The molecule has 1 aromatic carbocycles. The topological polar surface area (TPSA) is 40.5 Å². The van der Waals surface area contributed by atoms with Gasteiger partial charge in [0.2, 0.25) is 0 Å². The zero-order valence-electron chi connectivity index (χ0n) is 9.15. The summed E-state index contributed by atoms with van der Waals surface area (Å²) < 4.78 is 0. The molecule has 1 aromatic rings. The highest BCUT2D eigenvalue weighted by Crippen LogP contribution is 2.26. The predicted molar refractivity (Wildman–Crippen MR) is 64.0 cm³/mol. The Bertz CT molecular complexity index is 426. The van der Waals surface area contributed by atoms with E-state index in [1.165, 1.54) is 22.4 Å². The molecule has 0 radical (unpaired) electrons. The predicted octanol–water partition coefficient (Wildman–Crippen LogP) is 2.85. The van der Waals surface area contributed by atoms with Gasteiger partial charge in [-0.15, -0.1) is 6.58 Å². The standard InChI is InChI=1S/C13H15NO2/c1-2-8-14(13(15)16)12-7-6-10-4-3-5-11(10)9-12/h2,6-7,9H,1,3-5,8H2,(H,15,16). The van der Waals surface area contributed by atoms with Crippen LogP contribution in [0.25, 0.3) is 0 Å². The van der Waals surface area contributed by atoms with Crippen molar-refractivity contribution in [3.63, 3.8) is 0 Å². The van der Waals surface area contributed by atoms with E-state index >= 15 is 0 Å². The molecule has 0 aliphatic heterocycles. The normalized spacial score (nSPS) is 13.2. The summed E-state index contributed by atoms with van der Waals surface area (Å²) in [7, 11) is 0. The average molecular weight is 217 g/mol. The molecule has 0 aromatic heterocycles. The lowest BCUT2D eigenvalue weighted by Gasteiger charge is -2.18. The zero-order valence-corrected chi connectivity index (χ0v) is 9.15. The monoisotopic (exact) mass is 217 g/mol. The maximum Gasteiger partial charge on any atom is 0.412 e. The molecule has 0 spiro atoms. The number of hydrogen-bond acceptors (Lipinski definition) is 1. The first-order valence-electron chi connectivity index (χ1n) is 5.45. The van der Waals surface area contributed by atoms with Gasteiger partial charge in [0.15, 0.2) is 0 Å². The van der Waals surface area contributed by atoms with Crippen molar-refractivity contribution in [2.45, 2.75) is 19.3 Å². The van der Waals surface area contributed by atoms with Crippen LogP contribution >= 0.6 is 0 Å². The Kier molecular flexibility index (Phi) is 2.95. The first-order valence-corrected chi connectivity index (χ1v) is 5.45. The summed E-state index contributed by atoms with van der Waals surface area (Å²) in [6.07, 6.45) is 4.02. The molecule has 0 saturated carbocycles. The number of carbonyl (C=O) groups is 1. The second kappa shape index (κ2) is 4.39. The van der Waals surface area contributed by atoms with E-state index in [9.17, 15) is 4.79 Å². The largest absolute Gasteiger partial charge is 0.465 e. The highest BCUT2D eigenvalue weighted by molar-refractivity contribution is 5.86. The Balaban J connectivity index is 2.31. The molecule has 0 bridgehead atoms. The van der Waals surface area contributed by atoms with Crippen LogP contribution in [0, 0.1) is 0 Å². The molecular formula is C13H15NO2. The molecule has 0 fully saturated rings. The van der Waals surface area contributed by atoms with Gasteiger partial charge in [0.25, 0.3) is 0 Å². The number of carboxylic acid groups (broad SMARTS) is 1. The fraction of sp³-hybridized carbons (Fsp3) is 0.308. The maximum atomic E-state index is 11.1. The van der Waals surface area contributed by atoms with Gasteiger partial charge in [0.05, 0.1) is 0 Å². The highest BCUT2D eigenvalue weighted by Gasteiger charge is 2.16. The lowest BCUT2D eigenvalue weighted by molar-refractivity contribution is 0.202. The molecule has 1 aliphatic rings. The number of anilines is 1. The number of hydrogen-bond donors (Lipinski definition) is 1. The van der Waals surface area contributed by atoms with Gasteiger partial charge < -0.3 is 5.11 Å². The number of rotatable bonds is 3. The average Bonchev–Trinajstić information content (AvgIpc) is 2.72. The molecule has 0 atom stereocenters. The van der Waals surface area contributed by atoms with Crippen molar-refractivity contribution in [2.75, 3.05) is 11.4 Å². The molecule has 84 valence electrons. The minimum atomic E-state index is -0.933. The van der Waals surface area contributed by atoms with E-state index in [1.54, 1.807) is 6.08 Å². The lowest BCUT2D eigenvalue weighted by Crippen LogP contribution is -2.29. The molecule has 2 rings (SSSR count). The SMILES string of the molecule is C=CCN(C(=O)O)c1ccc2c(c1)CCC2. The molecule has 1 N–H and O–H groups in total. The van der Waals surface area contributed by atoms with Crippen molar-refractivity contribution in [2.24, 2.45) is 0 Å². The minimum absolute atomic E-state index is 0.328. The van der Waals surface area contributed by atoms with Gasteiger partial charge in [-0.25, -0.2) is 4.79 Å². The van der Waals surface area contributed by atoms with E-state index < -0.39 is 6.09 Å². The molecule has 1 amide bonds.